The van der Waals surface area contributed by atoms with Gasteiger partial charge in [-0.15, -0.1) is 0 Å². The summed E-state index contributed by atoms with van der Waals surface area (Å²) in [5.74, 6) is -0.0362. The zero-order chi connectivity index (χ0) is 23.1. The monoisotopic (exact) mass is 442 g/mol. The molecule has 9 heteroatoms. The Morgan fingerprint density at radius 3 is 2.25 bits per heavy atom. The molecule has 0 aliphatic heterocycles. The van der Waals surface area contributed by atoms with Gasteiger partial charge in [0.1, 0.15) is 0 Å². The molecular weight excluding hydrogens is 416 g/mol. The first-order valence-corrected chi connectivity index (χ1v) is 10.1. The molecule has 2 aromatic rings. The summed E-state index contributed by atoms with van der Waals surface area (Å²) >= 11 is 0. The second kappa shape index (κ2) is 10.5. The van der Waals surface area contributed by atoms with Crippen LogP contribution in [0.5, 0.6) is 17.2 Å². The van der Waals surface area contributed by atoms with Crippen LogP contribution in [0.3, 0.4) is 0 Å². The summed E-state index contributed by atoms with van der Waals surface area (Å²) in [6.07, 6.45) is 1.90. The Morgan fingerprint density at radius 1 is 0.969 bits per heavy atom. The highest BCUT2D eigenvalue weighted by Gasteiger charge is 2.24. The standard InChI is InChI=1S/C23H26N2O7/c1-29-18-9-14(10-19(30-2)22(18)31-3)11-21(27)32-13-20(26)24-17-6-4-5-15(12-17)23(28)25-16-7-8-16/h4-6,9-10,12,16H,7-8,11,13H2,1-3H3,(H,24,26)(H,25,28). The molecule has 2 N–H and O–H groups in total. The molecule has 170 valence electrons. The van der Waals surface area contributed by atoms with E-state index in [2.05, 4.69) is 10.6 Å². The van der Waals surface area contributed by atoms with Gasteiger partial charge in [0.05, 0.1) is 27.8 Å². The van der Waals surface area contributed by atoms with Gasteiger partial charge in [0.25, 0.3) is 11.8 Å². The third-order valence-electron chi connectivity index (χ3n) is 4.76. The third-order valence-corrected chi connectivity index (χ3v) is 4.76. The topological polar surface area (TPSA) is 112 Å². The van der Waals surface area contributed by atoms with Crippen molar-refractivity contribution in [2.24, 2.45) is 0 Å². The Kier molecular flexibility index (Phi) is 7.54. The number of nitrogens with one attached hydrogen (secondary N) is 2. The maximum atomic E-state index is 12.2. The maximum Gasteiger partial charge on any atom is 0.310 e. The Labute approximate surface area is 186 Å². The van der Waals surface area contributed by atoms with Crippen LogP contribution in [0, 0.1) is 0 Å². The Morgan fingerprint density at radius 2 is 1.66 bits per heavy atom. The zero-order valence-corrected chi connectivity index (χ0v) is 18.2. The van der Waals surface area contributed by atoms with Gasteiger partial charge in [0.15, 0.2) is 18.1 Å². The largest absolute Gasteiger partial charge is 0.493 e. The van der Waals surface area contributed by atoms with E-state index in [1.807, 2.05) is 0 Å². The maximum absolute atomic E-state index is 12.2. The van der Waals surface area contributed by atoms with Crippen LogP contribution in [0.4, 0.5) is 5.69 Å². The summed E-state index contributed by atoms with van der Waals surface area (Å²) < 4.78 is 20.9. The van der Waals surface area contributed by atoms with Crippen molar-refractivity contribution >= 4 is 23.5 Å². The van der Waals surface area contributed by atoms with Gasteiger partial charge >= 0.3 is 5.97 Å². The van der Waals surface area contributed by atoms with Gasteiger partial charge < -0.3 is 29.6 Å². The second-order valence-electron chi connectivity index (χ2n) is 7.25. The van der Waals surface area contributed by atoms with Crippen molar-refractivity contribution in [2.75, 3.05) is 33.3 Å². The minimum atomic E-state index is -0.591. The lowest BCUT2D eigenvalue weighted by molar-refractivity contribution is -0.146. The average molecular weight is 442 g/mol. The van der Waals surface area contributed by atoms with Crippen molar-refractivity contribution < 1.29 is 33.3 Å². The molecule has 9 nitrogen and oxygen atoms in total. The quantitative estimate of drug-likeness (QED) is 0.543. The molecule has 0 saturated heterocycles. The number of rotatable bonds is 10. The Balaban J connectivity index is 1.53. The van der Waals surface area contributed by atoms with E-state index in [0.29, 0.717) is 34.1 Å². The minimum absolute atomic E-state index is 0.0825. The number of amides is 2. The number of benzene rings is 2. The molecule has 0 radical (unpaired) electrons. The van der Waals surface area contributed by atoms with Gasteiger partial charge in [-0.2, -0.15) is 0 Å². The molecule has 0 bridgehead atoms. The predicted molar refractivity (Wildman–Crippen MR) is 116 cm³/mol. The first kappa shape index (κ1) is 22.9. The van der Waals surface area contributed by atoms with Crippen LogP contribution in [-0.4, -0.2) is 51.8 Å². The number of hydrogen-bond acceptors (Lipinski definition) is 7. The summed E-state index contributed by atoms with van der Waals surface area (Å²) in [5, 5.41) is 5.51. The number of esters is 1. The Bertz CT molecular complexity index is 977. The molecule has 2 aromatic carbocycles. The summed E-state index contributed by atoms with van der Waals surface area (Å²) in [4.78, 5) is 36.5. The van der Waals surface area contributed by atoms with Gasteiger partial charge in [-0.05, 0) is 48.7 Å². The Hall–Kier alpha value is -3.75. The van der Waals surface area contributed by atoms with Crippen molar-refractivity contribution in [3.8, 4) is 17.2 Å². The molecule has 0 aromatic heterocycles. The van der Waals surface area contributed by atoms with Crippen molar-refractivity contribution in [1.29, 1.82) is 0 Å². The average Bonchev–Trinajstić information content (AvgIpc) is 3.61. The minimum Gasteiger partial charge on any atom is -0.493 e. The van der Waals surface area contributed by atoms with E-state index in [9.17, 15) is 14.4 Å². The smallest absolute Gasteiger partial charge is 0.310 e. The third kappa shape index (κ3) is 6.13. The summed E-state index contributed by atoms with van der Waals surface area (Å²) in [5.41, 5.74) is 1.48. The first-order valence-electron chi connectivity index (χ1n) is 10.1. The highest BCUT2D eigenvalue weighted by molar-refractivity contribution is 5.98. The van der Waals surface area contributed by atoms with E-state index < -0.39 is 18.5 Å². The first-order chi connectivity index (χ1) is 15.4. The molecule has 0 atom stereocenters. The molecular formula is C23H26N2O7. The van der Waals surface area contributed by atoms with Crippen molar-refractivity contribution in [3.05, 3.63) is 47.5 Å². The molecule has 1 saturated carbocycles. The molecule has 0 unspecified atom stereocenters. The molecule has 0 heterocycles. The molecule has 3 rings (SSSR count). The normalized spacial score (nSPS) is 12.5. The van der Waals surface area contributed by atoms with Gasteiger partial charge in [-0.25, -0.2) is 0 Å². The second-order valence-corrected chi connectivity index (χ2v) is 7.25. The number of carbonyl (C=O) groups excluding carboxylic acids is 3. The molecule has 0 spiro atoms. The van der Waals surface area contributed by atoms with Crippen LogP contribution in [0.1, 0.15) is 28.8 Å². The number of carbonyl (C=O) groups is 3. The van der Waals surface area contributed by atoms with Crippen LogP contribution in [0.25, 0.3) is 0 Å². The van der Waals surface area contributed by atoms with Crippen LogP contribution < -0.4 is 24.8 Å². The molecule has 32 heavy (non-hydrogen) atoms. The predicted octanol–water partition coefficient (Wildman–Crippen LogP) is 2.33. The van der Waals surface area contributed by atoms with Crippen molar-refractivity contribution in [1.82, 2.24) is 5.32 Å². The fourth-order valence-electron chi connectivity index (χ4n) is 3.03. The highest BCUT2D eigenvalue weighted by Crippen LogP contribution is 2.38. The summed E-state index contributed by atoms with van der Waals surface area (Å²) in [6, 6.07) is 10.1. The number of ether oxygens (including phenoxy) is 4. The van der Waals surface area contributed by atoms with E-state index in [4.69, 9.17) is 18.9 Å². The van der Waals surface area contributed by atoms with Gasteiger partial charge in [-0.3, -0.25) is 14.4 Å². The van der Waals surface area contributed by atoms with E-state index in [0.717, 1.165) is 12.8 Å². The van der Waals surface area contributed by atoms with Crippen molar-refractivity contribution in [3.63, 3.8) is 0 Å². The number of methoxy groups -OCH3 is 3. The molecule has 2 amide bonds. The van der Waals surface area contributed by atoms with Crippen LogP contribution >= 0.6 is 0 Å². The lowest BCUT2D eigenvalue weighted by Crippen LogP contribution is -2.25. The number of hydrogen-bond donors (Lipinski definition) is 2. The van der Waals surface area contributed by atoms with Crippen molar-refractivity contribution in [2.45, 2.75) is 25.3 Å². The van der Waals surface area contributed by atoms with E-state index in [1.165, 1.54) is 21.3 Å². The molecule has 1 aliphatic rings. The SMILES string of the molecule is COc1cc(CC(=O)OCC(=O)Nc2cccc(C(=O)NC3CC3)c2)cc(OC)c1OC. The van der Waals surface area contributed by atoms with Crippen LogP contribution in [0.2, 0.25) is 0 Å². The fraction of sp³-hybridized carbons (Fsp3) is 0.348. The summed E-state index contributed by atoms with van der Waals surface area (Å²) in [6.45, 7) is -0.457. The van der Waals surface area contributed by atoms with Gasteiger partial charge in [-0.1, -0.05) is 6.07 Å². The van der Waals surface area contributed by atoms with Crippen LogP contribution in [-0.2, 0) is 20.7 Å². The van der Waals surface area contributed by atoms with Crippen LogP contribution in [0.15, 0.2) is 36.4 Å². The lowest BCUT2D eigenvalue weighted by Gasteiger charge is -2.14. The van der Waals surface area contributed by atoms with E-state index >= 15 is 0 Å². The van der Waals surface area contributed by atoms with E-state index in [-0.39, 0.29) is 18.4 Å². The lowest BCUT2D eigenvalue weighted by atomic mass is 10.1. The zero-order valence-electron chi connectivity index (χ0n) is 18.2. The highest BCUT2D eigenvalue weighted by atomic mass is 16.5. The van der Waals surface area contributed by atoms with Gasteiger partial charge in [0.2, 0.25) is 5.75 Å². The number of anilines is 1. The summed E-state index contributed by atoms with van der Waals surface area (Å²) in [7, 11) is 4.45. The van der Waals surface area contributed by atoms with Gasteiger partial charge in [0, 0.05) is 17.3 Å². The van der Waals surface area contributed by atoms with E-state index in [1.54, 1.807) is 36.4 Å². The molecule has 1 aliphatic carbocycles. The molecule has 1 fully saturated rings. The fourth-order valence-corrected chi connectivity index (χ4v) is 3.03.